The summed E-state index contributed by atoms with van der Waals surface area (Å²) in [5, 5.41) is 2.87. The lowest BCUT2D eigenvalue weighted by Crippen LogP contribution is -2.33. The van der Waals surface area contributed by atoms with Crippen LogP contribution in [0.3, 0.4) is 0 Å². The van der Waals surface area contributed by atoms with Crippen LogP contribution in [0.4, 0.5) is 11.4 Å². The highest BCUT2D eigenvalue weighted by Crippen LogP contribution is 2.22. The highest BCUT2D eigenvalue weighted by molar-refractivity contribution is 7.92. The molecule has 0 atom stereocenters. The molecule has 6 heteroatoms. The van der Waals surface area contributed by atoms with E-state index in [9.17, 15) is 13.2 Å². The highest BCUT2D eigenvalue weighted by Gasteiger charge is 2.19. The Balaban J connectivity index is 2.13. The van der Waals surface area contributed by atoms with Gasteiger partial charge in [0.05, 0.1) is 11.9 Å². The van der Waals surface area contributed by atoms with Crippen LogP contribution in [0.2, 0.25) is 0 Å². The summed E-state index contributed by atoms with van der Waals surface area (Å²) in [6.45, 7) is 7.94. The van der Waals surface area contributed by atoms with Crippen molar-refractivity contribution < 1.29 is 13.2 Å². The predicted octanol–water partition coefficient (Wildman–Crippen LogP) is 3.72. The fourth-order valence-corrected chi connectivity index (χ4v) is 3.59. The lowest BCUT2D eigenvalue weighted by atomic mass is 10.1. The minimum Gasteiger partial charge on any atom is -0.326 e. The lowest BCUT2D eigenvalue weighted by molar-refractivity contribution is -0.116. The maximum absolute atomic E-state index is 12.3. The maximum atomic E-state index is 12.3. The number of carbonyl (C=O) groups is 1. The molecule has 0 spiro atoms. The number of anilines is 2. The SMILES string of the molecule is Cc1ccc(N(CCC(=O)Nc2cccc(C)c2C)S(C)(=O)=O)cc1C. The molecule has 1 amide bonds. The number of nitrogens with zero attached hydrogens (tertiary/aromatic N) is 1. The van der Waals surface area contributed by atoms with Crippen molar-refractivity contribution >= 4 is 27.3 Å². The van der Waals surface area contributed by atoms with Gasteiger partial charge in [-0.3, -0.25) is 9.10 Å². The van der Waals surface area contributed by atoms with Gasteiger partial charge in [0.1, 0.15) is 0 Å². The van der Waals surface area contributed by atoms with Crippen LogP contribution in [0.5, 0.6) is 0 Å². The van der Waals surface area contributed by atoms with Crippen molar-refractivity contribution in [1.82, 2.24) is 0 Å². The first kappa shape index (κ1) is 20.0. The Morgan fingerprint density at radius 3 is 2.31 bits per heavy atom. The molecule has 2 aromatic rings. The van der Waals surface area contributed by atoms with Gasteiger partial charge in [-0.15, -0.1) is 0 Å². The molecule has 0 unspecified atom stereocenters. The fourth-order valence-electron chi connectivity index (χ4n) is 2.67. The van der Waals surface area contributed by atoms with E-state index >= 15 is 0 Å². The zero-order valence-electron chi connectivity index (χ0n) is 16.0. The summed E-state index contributed by atoms with van der Waals surface area (Å²) in [7, 11) is -3.48. The second-order valence-corrected chi connectivity index (χ2v) is 8.56. The van der Waals surface area contributed by atoms with Gasteiger partial charge in [0, 0.05) is 18.7 Å². The third-order valence-corrected chi connectivity index (χ3v) is 5.79. The molecular formula is C20H26N2O3S. The number of sulfonamides is 1. The lowest BCUT2D eigenvalue weighted by Gasteiger charge is -2.23. The van der Waals surface area contributed by atoms with Gasteiger partial charge >= 0.3 is 0 Å². The smallest absolute Gasteiger partial charge is 0.232 e. The molecular weight excluding hydrogens is 348 g/mol. The molecule has 0 bridgehead atoms. The Hall–Kier alpha value is -2.34. The summed E-state index contributed by atoms with van der Waals surface area (Å²) in [4.78, 5) is 12.3. The molecule has 0 heterocycles. The van der Waals surface area contributed by atoms with Crippen LogP contribution in [0.15, 0.2) is 36.4 Å². The minimum absolute atomic E-state index is 0.0768. The molecule has 0 aliphatic heterocycles. The van der Waals surface area contributed by atoms with Crippen LogP contribution in [0, 0.1) is 27.7 Å². The van der Waals surface area contributed by atoms with E-state index in [1.165, 1.54) is 4.31 Å². The van der Waals surface area contributed by atoms with Crippen LogP contribution < -0.4 is 9.62 Å². The summed E-state index contributed by atoms with van der Waals surface area (Å²) in [5.41, 5.74) is 5.54. The third-order valence-electron chi connectivity index (χ3n) is 4.60. The van der Waals surface area contributed by atoms with E-state index in [0.29, 0.717) is 5.69 Å². The molecule has 2 rings (SSSR count). The molecule has 0 aliphatic carbocycles. The molecule has 0 aliphatic rings. The third kappa shape index (κ3) is 4.85. The van der Waals surface area contributed by atoms with Crippen LogP contribution in [-0.2, 0) is 14.8 Å². The fraction of sp³-hybridized carbons (Fsp3) is 0.350. The Kier molecular flexibility index (Phi) is 6.08. The van der Waals surface area contributed by atoms with Crippen LogP contribution in [0.25, 0.3) is 0 Å². The van der Waals surface area contributed by atoms with Crippen LogP contribution in [-0.4, -0.2) is 27.1 Å². The Labute approximate surface area is 156 Å². The zero-order valence-corrected chi connectivity index (χ0v) is 16.8. The number of benzene rings is 2. The zero-order chi connectivity index (χ0) is 19.5. The molecule has 0 radical (unpaired) electrons. The first-order valence-electron chi connectivity index (χ1n) is 8.50. The summed E-state index contributed by atoms with van der Waals surface area (Å²) >= 11 is 0. The predicted molar refractivity (Wildman–Crippen MR) is 107 cm³/mol. The number of rotatable bonds is 6. The van der Waals surface area contributed by atoms with Crippen molar-refractivity contribution in [2.45, 2.75) is 34.1 Å². The molecule has 0 saturated carbocycles. The van der Waals surface area contributed by atoms with Crippen molar-refractivity contribution in [1.29, 1.82) is 0 Å². The maximum Gasteiger partial charge on any atom is 0.232 e. The van der Waals surface area contributed by atoms with E-state index in [1.54, 1.807) is 6.07 Å². The normalized spacial score (nSPS) is 11.3. The number of nitrogens with one attached hydrogen (secondary N) is 1. The van der Waals surface area contributed by atoms with Gasteiger partial charge in [-0.1, -0.05) is 18.2 Å². The largest absolute Gasteiger partial charge is 0.326 e. The number of hydrogen-bond acceptors (Lipinski definition) is 3. The second kappa shape index (κ2) is 7.91. The second-order valence-electron chi connectivity index (χ2n) is 6.65. The average molecular weight is 375 g/mol. The van der Waals surface area contributed by atoms with Gasteiger partial charge in [0.25, 0.3) is 0 Å². The number of carbonyl (C=O) groups excluding carboxylic acids is 1. The van der Waals surface area contributed by atoms with Crippen LogP contribution in [0.1, 0.15) is 28.7 Å². The molecule has 2 aromatic carbocycles. The van der Waals surface area contributed by atoms with Crippen molar-refractivity contribution in [3.63, 3.8) is 0 Å². The summed E-state index contributed by atoms with van der Waals surface area (Å²) in [5.74, 6) is -0.212. The van der Waals surface area contributed by atoms with E-state index in [1.807, 2.05) is 58.0 Å². The summed E-state index contributed by atoms with van der Waals surface area (Å²) < 4.78 is 25.7. The van der Waals surface area contributed by atoms with Crippen molar-refractivity contribution in [3.8, 4) is 0 Å². The van der Waals surface area contributed by atoms with E-state index < -0.39 is 10.0 Å². The molecule has 140 valence electrons. The van der Waals surface area contributed by atoms with Gasteiger partial charge < -0.3 is 5.32 Å². The van der Waals surface area contributed by atoms with Crippen LogP contribution >= 0.6 is 0 Å². The molecule has 1 N–H and O–H groups in total. The van der Waals surface area contributed by atoms with Crippen molar-refractivity contribution in [2.75, 3.05) is 22.4 Å². The van der Waals surface area contributed by atoms with E-state index in [-0.39, 0.29) is 18.9 Å². The summed E-state index contributed by atoms with van der Waals surface area (Å²) in [6, 6.07) is 11.2. The summed E-state index contributed by atoms with van der Waals surface area (Å²) in [6.07, 6.45) is 1.23. The van der Waals surface area contributed by atoms with Crippen molar-refractivity contribution in [3.05, 3.63) is 58.7 Å². The van der Waals surface area contributed by atoms with E-state index in [4.69, 9.17) is 0 Å². The molecule has 26 heavy (non-hydrogen) atoms. The first-order chi connectivity index (χ1) is 12.1. The van der Waals surface area contributed by atoms with Gasteiger partial charge in [-0.2, -0.15) is 0 Å². The standard InChI is InChI=1S/C20H26N2O3S/c1-14-9-10-18(13-16(14)3)22(26(5,24)25)12-11-20(23)21-19-8-6-7-15(2)17(19)4/h6-10,13H,11-12H2,1-5H3,(H,21,23). The molecule has 5 nitrogen and oxygen atoms in total. The number of amides is 1. The first-order valence-corrected chi connectivity index (χ1v) is 10.4. The topological polar surface area (TPSA) is 66.5 Å². The molecule has 0 fully saturated rings. The van der Waals surface area contributed by atoms with Gasteiger partial charge in [0.2, 0.25) is 15.9 Å². The quantitative estimate of drug-likeness (QED) is 0.838. The Morgan fingerprint density at radius 2 is 1.69 bits per heavy atom. The monoisotopic (exact) mass is 374 g/mol. The Bertz CT molecular complexity index is 921. The van der Waals surface area contributed by atoms with Gasteiger partial charge in [-0.05, 0) is 68.1 Å². The van der Waals surface area contributed by atoms with E-state index in [0.717, 1.165) is 34.2 Å². The number of hydrogen-bond donors (Lipinski definition) is 1. The number of aryl methyl sites for hydroxylation is 3. The minimum atomic E-state index is -3.48. The van der Waals surface area contributed by atoms with Gasteiger partial charge in [0.15, 0.2) is 0 Å². The average Bonchev–Trinajstić information content (AvgIpc) is 2.54. The molecule has 0 aromatic heterocycles. The van der Waals surface area contributed by atoms with Crippen molar-refractivity contribution in [2.24, 2.45) is 0 Å². The van der Waals surface area contributed by atoms with E-state index in [2.05, 4.69) is 5.32 Å². The van der Waals surface area contributed by atoms with Gasteiger partial charge in [-0.25, -0.2) is 8.42 Å². The molecule has 0 saturated heterocycles. The Morgan fingerprint density at radius 1 is 1.00 bits per heavy atom. The highest BCUT2D eigenvalue weighted by atomic mass is 32.2.